The maximum Gasteiger partial charge on any atom is 0.306 e. The molecule has 1 fully saturated rings. The van der Waals surface area contributed by atoms with Crippen molar-refractivity contribution in [3.63, 3.8) is 0 Å². The second-order valence-electron chi connectivity index (χ2n) is 8.20. The van der Waals surface area contributed by atoms with Gasteiger partial charge in [-0.2, -0.15) is 0 Å². The number of aliphatic hydroxyl groups is 3. The van der Waals surface area contributed by atoms with Gasteiger partial charge in [0.05, 0.1) is 24.4 Å². The normalized spacial score (nSPS) is 26.5. The van der Waals surface area contributed by atoms with Crippen molar-refractivity contribution in [2.24, 2.45) is 11.8 Å². The molecule has 1 saturated carbocycles. The van der Waals surface area contributed by atoms with Gasteiger partial charge in [-0.25, -0.2) is 0 Å². The third-order valence-electron chi connectivity index (χ3n) is 5.27. The van der Waals surface area contributed by atoms with Gasteiger partial charge in [-0.1, -0.05) is 50.5 Å². The second-order valence-corrected chi connectivity index (χ2v) is 8.20. The van der Waals surface area contributed by atoms with E-state index < -0.39 is 18.3 Å². The molecule has 1 rings (SSSR count). The van der Waals surface area contributed by atoms with Crippen LogP contribution in [0.3, 0.4) is 0 Å². The lowest BCUT2D eigenvalue weighted by atomic mass is 9.89. The van der Waals surface area contributed by atoms with Gasteiger partial charge in [0.2, 0.25) is 0 Å². The van der Waals surface area contributed by atoms with Gasteiger partial charge in [0.15, 0.2) is 0 Å². The summed E-state index contributed by atoms with van der Waals surface area (Å²) in [5.74, 6) is -0.349. The number of carbonyl (C=O) groups is 1. The van der Waals surface area contributed by atoms with Gasteiger partial charge >= 0.3 is 5.97 Å². The van der Waals surface area contributed by atoms with E-state index in [-0.39, 0.29) is 23.9 Å². The van der Waals surface area contributed by atoms with Crippen molar-refractivity contribution in [1.82, 2.24) is 0 Å². The lowest BCUT2D eigenvalue weighted by Gasteiger charge is -2.19. The van der Waals surface area contributed by atoms with Crippen LogP contribution in [0.4, 0.5) is 0 Å². The Morgan fingerprint density at radius 2 is 1.89 bits per heavy atom. The van der Waals surface area contributed by atoms with E-state index in [1.807, 2.05) is 32.1 Å². The van der Waals surface area contributed by atoms with Gasteiger partial charge in [0, 0.05) is 18.8 Å². The molecule has 3 N–H and O–H groups in total. The van der Waals surface area contributed by atoms with Crippen molar-refractivity contribution in [2.75, 3.05) is 0 Å². The van der Waals surface area contributed by atoms with Crippen molar-refractivity contribution < 1.29 is 24.9 Å². The van der Waals surface area contributed by atoms with E-state index in [4.69, 9.17) is 4.74 Å². The zero-order valence-corrected chi connectivity index (χ0v) is 17.8. The third kappa shape index (κ3) is 9.85. The van der Waals surface area contributed by atoms with Gasteiger partial charge in [0.1, 0.15) is 0 Å². The van der Waals surface area contributed by atoms with E-state index in [2.05, 4.69) is 6.92 Å². The Labute approximate surface area is 170 Å². The summed E-state index contributed by atoms with van der Waals surface area (Å²) in [6.07, 6.45) is 13.0. The standard InChI is InChI=1S/C23H40O5/c1-4-5-8-11-18(24)14-15-20-19(21(25)16-22(20)26)12-9-6-7-10-13-23(27)28-17(2)3/h6,9,14-15,17-22,24-26H,4-5,7-8,10-13,16H2,1-3H3/b9-6-,15-14-/t18-,19+,20+,21-,22+/m0/s1. The minimum absolute atomic E-state index is 0.0451. The predicted molar refractivity (Wildman–Crippen MR) is 112 cm³/mol. The average molecular weight is 397 g/mol. The molecule has 0 bridgehead atoms. The number of rotatable bonds is 13. The van der Waals surface area contributed by atoms with Crippen LogP contribution >= 0.6 is 0 Å². The molecule has 5 atom stereocenters. The Morgan fingerprint density at radius 3 is 2.57 bits per heavy atom. The molecule has 0 aromatic heterocycles. The second kappa shape index (κ2) is 13.9. The van der Waals surface area contributed by atoms with Crippen LogP contribution in [0.2, 0.25) is 0 Å². The smallest absolute Gasteiger partial charge is 0.306 e. The van der Waals surface area contributed by atoms with Gasteiger partial charge in [0.25, 0.3) is 0 Å². The Morgan fingerprint density at radius 1 is 1.14 bits per heavy atom. The van der Waals surface area contributed by atoms with Gasteiger partial charge in [-0.05, 0) is 45.4 Å². The highest BCUT2D eigenvalue weighted by Crippen LogP contribution is 2.36. The lowest BCUT2D eigenvalue weighted by molar-refractivity contribution is -0.147. The van der Waals surface area contributed by atoms with Crippen LogP contribution in [-0.2, 0) is 9.53 Å². The molecule has 0 radical (unpaired) electrons. The number of hydrogen-bond donors (Lipinski definition) is 3. The van der Waals surface area contributed by atoms with Crippen LogP contribution in [0, 0.1) is 11.8 Å². The van der Waals surface area contributed by atoms with Crippen molar-refractivity contribution in [3.8, 4) is 0 Å². The van der Waals surface area contributed by atoms with Crippen LogP contribution < -0.4 is 0 Å². The molecule has 0 spiro atoms. The number of carbonyl (C=O) groups excluding carboxylic acids is 1. The molecule has 0 aromatic carbocycles. The van der Waals surface area contributed by atoms with Gasteiger partial charge in [-0.3, -0.25) is 4.79 Å². The monoisotopic (exact) mass is 396 g/mol. The summed E-state index contributed by atoms with van der Waals surface area (Å²) in [4.78, 5) is 11.5. The number of allylic oxidation sites excluding steroid dienone is 2. The fraction of sp³-hybridized carbons (Fsp3) is 0.783. The first-order valence-corrected chi connectivity index (χ1v) is 10.9. The summed E-state index contributed by atoms with van der Waals surface area (Å²) in [6.45, 7) is 5.82. The van der Waals surface area contributed by atoms with Crippen molar-refractivity contribution >= 4 is 5.97 Å². The summed E-state index contributed by atoms with van der Waals surface area (Å²) in [5, 5.41) is 30.6. The summed E-state index contributed by atoms with van der Waals surface area (Å²) in [5.41, 5.74) is 0. The van der Waals surface area contributed by atoms with Crippen LogP contribution in [0.5, 0.6) is 0 Å². The quantitative estimate of drug-likeness (QED) is 0.250. The first kappa shape index (κ1) is 24.9. The highest BCUT2D eigenvalue weighted by atomic mass is 16.5. The molecular weight excluding hydrogens is 356 g/mol. The van der Waals surface area contributed by atoms with Gasteiger partial charge in [-0.15, -0.1) is 0 Å². The average Bonchev–Trinajstić information content (AvgIpc) is 2.88. The molecule has 0 unspecified atom stereocenters. The summed E-state index contributed by atoms with van der Waals surface area (Å²) >= 11 is 0. The molecule has 5 nitrogen and oxygen atoms in total. The molecule has 0 amide bonds. The molecule has 0 aliphatic heterocycles. The maximum absolute atomic E-state index is 11.5. The molecule has 0 heterocycles. The van der Waals surface area contributed by atoms with Crippen molar-refractivity contribution in [1.29, 1.82) is 0 Å². The highest BCUT2D eigenvalue weighted by Gasteiger charge is 2.39. The summed E-state index contributed by atoms with van der Waals surface area (Å²) < 4.78 is 5.10. The van der Waals surface area contributed by atoms with Gasteiger partial charge < -0.3 is 20.1 Å². The fourth-order valence-electron chi connectivity index (χ4n) is 3.72. The molecule has 0 aromatic rings. The molecule has 0 saturated heterocycles. The third-order valence-corrected chi connectivity index (χ3v) is 5.27. The minimum atomic E-state index is -0.571. The molecule has 1 aliphatic carbocycles. The first-order valence-electron chi connectivity index (χ1n) is 10.9. The van der Waals surface area contributed by atoms with Crippen molar-refractivity contribution in [3.05, 3.63) is 24.3 Å². The largest absolute Gasteiger partial charge is 0.463 e. The Balaban J connectivity index is 2.41. The van der Waals surface area contributed by atoms with E-state index in [1.165, 1.54) is 0 Å². The number of aliphatic hydroxyl groups excluding tert-OH is 3. The minimum Gasteiger partial charge on any atom is -0.463 e. The number of esters is 1. The number of hydrogen-bond acceptors (Lipinski definition) is 5. The Hall–Kier alpha value is -1.17. The van der Waals surface area contributed by atoms with E-state index >= 15 is 0 Å². The topological polar surface area (TPSA) is 87.0 Å². The molecule has 28 heavy (non-hydrogen) atoms. The SMILES string of the molecule is CCCCC[C@H](O)/C=C\[C@@H]1[C@@H](C/C=C\CCCC(=O)OC(C)C)[C@@H](O)C[C@H]1O. The predicted octanol–water partition coefficient (Wildman–Crippen LogP) is 3.91. The van der Waals surface area contributed by atoms with Crippen LogP contribution in [-0.4, -0.2) is 45.7 Å². The number of unbranched alkanes of at least 4 members (excludes halogenated alkanes) is 3. The zero-order chi connectivity index (χ0) is 20.9. The highest BCUT2D eigenvalue weighted by molar-refractivity contribution is 5.69. The van der Waals surface area contributed by atoms with Crippen LogP contribution in [0.1, 0.15) is 78.6 Å². The lowest BCUT2D eigenvalue weighted by Crippen LogP contribution is -2.20. The molecule has 162 valence electrons. The molecule has 5 heteroatoms. The van der Waals surface area contributed by atoms with Crippen LogP contribution in [0.25, 0.3) is 0 Å². The van der Waals surface area contributed by atoms with Crippen LogP contribution in [0.15, 0.2) is 24.3 Å². The van der Waals surface area contributed by atoms with E-state index in [0.717, 1.165) is 38.5 Å². The Bertz CT molecular complexity index is 485. The molecule has 1 aliphatic rings. The molecular formula is C23H40O5. The Kier molecular flexibility index (Phi) is 12.4. The van der Waals surface area contributed by atoms with E-state index in [9.17, 15) is 20.1 Å². The van der Waals surface area contributed by atoms with E-state index in [0.29, 0.717) is 19.3 Å². The van der Waals surface area contributed by atoms with E-state index in [1.54, 1.807) is 6.08 Å². The summed E-state index contributed by atoms with van der Waals surface area (Å²) in [7, 11) is 0. The maximum atomic E-state index is 11.5. The van der Waals surface area contributed by atoms with Crippen molar-refractivity contribution in [2.45, 2.75) is 103 Å². The number of ether oxygens (including phenoxy) is 1. The first-order chi connectivity index (χ1) is 13.3. The summed E-state index contributed by atoms with van der Waals surface area (Å²) in [6, 6.07) is 0. The zero-order valence-electron chi connectivity index (χ0n) is 17.8. The fourth-order valence-corrected chi connectivity index (χ4v) is 3.72.